The highest BCUT2D eigenvalue weighted by Crippen LogP contribution is 2.29. The molecule has 27 heavy (non-hydrogen) atoms. The molecule has 3 aromatic rings. The first-order chi connectivity index (χ1) is 12.7. The van der Waals surface area contributed by atoms with Gasteiger partial charge in [0.25, 0.3) is 17.5 Å². The van der Waals surface area contributed by atoms with Gasteiger partial charge in [0.15, 0.2) is 6.61 Å². The van der Waals surface area contributed by atoms with Crippen LogP contribution in [0.3, 0.4) is 0 Å². The second-order valence-electron chi connectivity index (χ2n) is 5.43. The molecule has 0 aliphatic rings. The van der Waals surface area contributed by atoms with E-state index in [-0.39, 0.29) is 17.3 Å². The largest absolute Gasteiger partial charge is 0.450 e. The second-order valence-corrected chi connectivity index (χ2v) is 5.43. The lowest BCUT2D eigenvalue weighted by Gasteiger charge is -2.08. The zero-order valence-corrected chi connectivity index (χ0v) is 13.8. The van der Waals surface area contributed by atoms with Crippen molar-refractivity contribution in [2.45, 2.75) is 13.1 Å². The van der Waals surface area contributed by atoms with Gasteiger partial charge in [0.1, 0.15) is 0 Å². The fourth-order valence-electron chi connectivity index (χ4n) is 2.13. The van der Waals surface area contributed by atoms with Crippen LogP contribution in [0.4, 0.5) is 18.9 Å². The number of rotatable bonds is 4. The standard InChI is InChI=1S/C16H12F3N5O3/c1-9-6-7-20-15-22-13(23-24(9)15)14(26)27-8-12(25)21-11-4-2-10(3-5-11)16(17,18)19/h2-7H,8H2,1H3,(H,21,25). The molecule has 0 radical (unpaired) electrons. The zero-order valence-electron chi connectivity index (χ0n) is 13.8. The molecule has 0 unspecified atom stereocenters. The predicted octanol–water partition coefficient (Wildman–Crippen LogP) is 2.25. The molecule has 0 atom stereocenters. The van der Waals surface area contributed by atoms with E-state index >= 15 is 0 Å². The summed E-state index contributed by atoms with van der Waals surface area (Å²) in [5, 5.41) is 6.26. The number of fused-ring (bicyclic) bond motifs is 1. The van der Waals surface area contributed by atoms with E-state index < -0.39 is 30.2 Å². The van der Waals surface area contributed by atoms with Crippen LogP contribution in [-0.2, 0) is 15.7 Å². The van der Waals surface area contributed by atoms with E-state index in [9.17, 15) is 22.8 Å². The van der Waals surface area contributed by atoms with Crippen LogP contribution in [0.25, 0.3) is 5.78 Å². The summed E-state index contributed by atoms with van der Waals surface area (Å²) in [6.45, 7) is 1.10. The van der Waals surface area contributed by atoms with Crippen molar-refractivity contribution >= 4 is 23.3 Å². The maximum Gasteiger partial charge on any atom is 0.416 e. The molecule has 1 N–H and O–H groups in total. The fraction of sp³-hybridized carbons (Fsp3) is 0.188. The van der Waals surface area contributed by atoms with E-state index in [1.807, 2.05) is 0 Å². The Labute approximate surface area is 150 Å². The Morgan fingerprint density at radius 2 is 1.89 bits per heavy atom. The third kappa shape index (κ3) is 4.19. The lowest BCUT2D eigenvalue weighted by atomic mass is 10.2. The van der Waals surface area contributed by atoms with Gasteiger partial charge in [-0.1, -0.05) is 0 Å². The minimum Gasteiger partial charge on any atom is -0.450 e. The number of alkyl halides is 3. The van der Waals surface area contributed by atoms with Crippen molar-refractivity contribution in [1.29, 1.82) is 0 Å². The van der Waals surface area contributed by atoms with Gasteiger partial charge in [-0.15, -0.1) is 5.10 Å². The van der Waals surface area contributed by atoms with Gasteiger partial charge in [-0.3, -0.25) is 4.79 Å². The summed E-state index contributed by atoms with van der Waals surface area (Å²) in [6.07, 6.45) is -2.96. The monoisotopic (exact) mass is 379 g/mol. The minimum absolute atomic E-state index is 0.134. The van der Waals surface area contributed by atoms with E-state index in [1.54, 1.807) is 13.0 Å². The highest BCUT2D eigenvalue weighted by atomic mass is 19.4. The number of anilines is 1. The number of halogens is 3. The molecule has 0 aliphatic carbocycles. The van der Waals surface area contributed by atoms with Gasteiger partial charge in [-0.05, 0) is 37.3 Å². The molecule has 3 rings (SSSR count). The Morgan fingerprint density at radius 3 is 2.52 bits per heavy atom. The summed E-state index contributed by atoms with van der Waals surface area (Å²) in [6, 6.07) is 5.53. The number of carbonyl (C=O) groups excluding carboxylic acids is 2. The first-order valence-corrected chi connectivity index (χ1v) is 7.56. The number of aryl methyl sites for hydroxylation is 1. The number of aromatic nitrogens is 4. The first-order valence-electron chi connectivity index (χ1n) is 7.56. The number of hydrogen-bond donors (Lipinski definition) is 1. The van der Waals surface area contributed by atoms with E-state index in [1.165, 1.54) is 10.7 Å². The van der Waals surface area contributed by atoms with E-state index in [0.29, 0.717) is 5.69 Å². The molecule has 1 aromatic carbocycles. The summed E-state index contributed by atoms with van der Waals surface area (Å²) in [7, 11) is 0. The van der Waals surface area contributed by atoms with Gasteiger partial charge in [0, 0.05) is 17.6 Å². The normalized spacial score (nSPS) is 11.4. The molecule has 140 valence electrons. The van der Waals surface area contributed by atoms with Crippen molar-refractivity contribution in [2.24, 2.45) is 0 Å². The van der Waals surface area contributed by atoms with Crippen molar-refractivity contribution < 1.29 is 27.5 Å². The third-order valence-electron chi connectivity index (χ3n) is 3.44. The number of benzene rings is 1. The lowest BCUT2D eigenvalue weighted by Crippen LogP contribution is -2.21. The number of hydrogen-bond acceptors (Lipinski definition) is 6. The molecule has 0 spiro atoms. The summed E-state index contributed by atoms with van der Waals surface area (Å²) in [5.74, 6) is -1.71. The third-order valence-corrected chi connectivity index (χ3v) is 3.44. The maximum atomic E-state index is 12.5. The van der Waals surface area contributed by atoms with Crippen LogP contribution in [0.15, 0.2) is 36.5 Å². The van der Waals surface area contributed by atoms with Gasteiger partial charge in [-0.2, -0.15) is 18.2 Å². The number of amides is 1. The first kappa shape index (κ1) is 18.3. The van der Waals surface area contributed by atoms with E-state index in [4.69, 9.17) is 4.74 Å². The quantitative estimate of drug-likeness (QED) is 0.698. The van der Waals surface area contributed by atoms with Crippen molar-refractivity contribution in [2.75, 3.05) is 11.9 Å². The molecule has 2 aromatic heterocycles. The highest BCUT2D eigenvalue weighted by Gasteiger charge is 2.30. The molecule has 8 nitrogen and oxygen atoms in total. The van der Waals surface area contributed by atoms with Gasteiger partial charge in [-0.25, -0.2) is 14.3 Å². The van der Waals surface area contributed by atoms with Crippen LogP contribution in [0, 0.1) is 6.92 Å². The average Bonchev–Trinajstić information content (AvgIpc) is 3.05. The van der Waals surface area contributed by atoms with Crippen LogP contribution in [-0.4, -0.2) is 38.1 Å². The Balaban J connectivity index is 1.58. The summed E-state index contributed by atoms with van der Waals surface area (Å²) >= 11 is 0. The smallest absolute Gasteiger partial charge is 0.416 e. The highest BCUT2D eigenvalue weighted by molar-refractivity contribution is 5.94. The summed E-state index contributed by atoms with van der Waals surface area (Å²) in [4.78, 5) is 31.6. The van der Waals surface area contributed by atoms with Gasteiger partial charge in [0.05, 0.1) is 5.56 Å². The molecule has 0 aliphatic heterocycles. The maximum absolute atomic E-state index is 12.5. The van der Waals surface area contributed by atoms with Crippen LogP contribution in [0.1, 0.15) is 21.9 Å². The number of ether oxygens (including phenoxy) is 1. The van der Waals surface area contributed by atoms with Gasteiger partial charge < -0.3 is 10.1 Å². The van der Waals surface area contributed by atoms with Crippen LogP contribution < -0.4 is 5.32 Å². The summed E-state index contributed by atoms with van der Waals surface area (Å²) < 4.78 is 43.6. The molecule has 2 heterocycles. The molecule has 11 heteroatoms. The van der Waals surface area contributed by atoms with Crippen molar-refractivity contribution in [3.8, 4) is 0 Å². The molecule has 0 saturated carbocycles. The van der Waals surface area contributed by atoms with Crippen molar-refractivity contribution in [1.82, 2.24) is 19.6 Å². The molecule has 0 bridgehead atoms. The van der Waals surface area contributed by atoms with E-state index in [0.717, 1.165) is 24.3 Å². The molecule has 1 amide bonds. The molecule has 0 saturated heterocycles. The Morgan fingerprint density at radius 1 is 1.19 bits per heavy atom. The number of esters is 1. The molecule has 0 fully saturated rings. The lowest BCUT2D eigenvalue weighted by molar-refractivity contribution is -0.137. The van der Waals surface area contributed by atoms with Crippen LogP contribution in [0.2, 0.25) is 0 Å². The van der Waals surface area contributed by atoms with Crippen LogP contribution >= 0.6 is 0 Å². The van der Waals surface area contributed by atoms with Crippen LogP contribution in [0.5, 0.6) is 0 Å². The molecular weight excluding hydrogens is 367 g/mol. The van der Waals surface area contributed by atoms with Gasteiger partial charge >= 0.3 is 12.1 Å². The number of nitrogens with one attached hydrogen (secondary N) is 1. The van der Waals surface area contributed by atoms with Gasteiger partial charge in [0.2, 0.25) is 0 Å². The number of nitrogens with zero attached hydrogens (tertiary/aromatic N) is 4. The van der Waals surface area contributed by atoms with Crippen molar-refractivity contribution in [3.05, 3.63) is 53.6 Å². The fourth-order valence-corrected chi connectivity index (χ4v) is 2.13. The van der Waals surface area contributed by atoms with Crippen molar-refractivity contribution in [3.63, 3.8) is 0 Å². The minimum atomic E-state index is -4.47. The number of carbonyl (C=O) groups is 2. The predicted molar refractivity (Wildman–Crippen MR) is 85.9 cm³/mol. The average molecular weight is 379 g/mol. The zero-order chi connectivity index (χ0) is 19.6. The Hall–Kier alpha value is -3.50. The molecular formula is C16H12F3N5O3. The Bertz CT molecular complexity index is 999. The van der Waals surface area contributed by atoms with E-state index in [2.05, 4.69) is 20.4 Å². The second kappa shape index (κ2) is 7.02. The topological polar surface area (TPSA) is 98.5 Å². The Kier molecular flexibility index (Phi) is 4.75. The SMILES string of the molecule is Cc1ccnc2nc(C(=O)OCC(=O)Nc3ccc(C(F)(F)F)cc3)nn12. The summed E-state index contributed by atoms with van der Waals surface area (Å²) in [5.41, 5.74) is -0.00456.